The third-order valence-electron chi connectivity index (χ3n) is 0.942. The van der Waals surface area contributed by atoms with E-state index >= 15 is 0 Å². The van der Waals surface area contributed by atoms with Crippen LogP contribution in [0.1, 0.15) is 0 Å². The molecule has 0 unspecified atom stereocenters. The molecule has 0 radical (unpaired) electrons. The Morgan fingerprint density at radius 3 is 2.22 bits per heavy atom. The topological polar surface area (TPSA) is 28.1 Å². The summed E-state index contributed by atoms with van der Waals surface area (Å²) in [4.78, 5) is 2.84. The van der Waals surface area contributed by atoms with Crippen molar-refractivity contribution in [3.63, 3.8) is 0 Å². The number of rotatable bonds is 0. The van der Waals surface area contributed by atoms with E-state index in [-0.39, 0.29) is 5.82 Å². The highest BCUT2D eigenvalue weighted by molar-refractivity contribution is 5.42. The van der Waals surface area contributed by atoms with E-state index in [0.29, 0.717) is 5.69 Å². The molecule has 0 saturated heterocycles. The summed E-state index contributed by atoms with van der Waals surface area (Å²) in [6.07, 6.45) is 0. The van der Waals surface area contributed by atoms with E-state index in [2.05, 4.69) is 4.98 Å². The molecule has 0 atom stereocenters. The summed E-state index contributed by atoms with van der Waals surface area (Å²) in [7, 11) is 0. The molecule has 1 aromatic carbocycles. The minimum absolute atomic E-state index is 0.331. The Hall–Kier alpha value is -1.43. The predicted octanol–water partition coefficient (Wildman–Crippen LogP) is 2.31. The van der Waals surface area contributed by atoms with Gasteiger partial charge in [-0.15, -0.1) is 0 Å². The second kappa shape index (κ2) is 2.23. The lowest BCUT2D eigenvalue weighted by Crippen LogP contribution is -1.66. The Morgan fingerprint density at radius 1 is 1.22 bits per heavy atom. The highest BCUT2D eigenvalue weighted by Crippen LogP contribution is 2.10. The number of hydrogen-bond donors (Lipinski definition) is 0. The van der Waals surface area contributed by atoms with E-state index in [1.54, 1.807) is 0 Å². The van der Waals surface area contributed by atoms with E-state index in [0.717, 1.165) is 0 Å². The molecule has 1 rings (SSSR count). The predicted molar refractivity (Wildman–Crippen MR) is 31.1 cm³/mol. The monoisotopic (exact) mass is 122 g/mol. The van der Waals surface area contributed by atoms with Gasteiger partial charge < -0.3 is 0 Å². The summed E-state index contributed by atoms with van der Waals surface area (Å²) in [5.41, 5.74) is 0.358. The molecule has 0 heterocycles. The molecular formula is C6H4FN2+. The zero-order valence-electron chi connectivity index (χ0n) is 4.58. The minimum Gasteiger partial charge on any atom is -0.207 e. The van der Waals surface area contributed by atoms with Crippen LogP contribution in [0.5, 0.6) is 0 Å². The molecule has 0 aliphatic heterocycles. The lowest BCUT2D eigenvalue weighted by atomic mass is 10.3. The van der Waals surface area contributed by atoms with E-state index in [4.69, 9.17) is 5.39 Å². The number of hydrogen-bond acceptors (Lipinski definition) is 1. The zero-order valence-corrected chi connectivity index (χ0v) is 4.58. The number of benzene rings is 1. The molecule has 1 aromatic rings. The van der Waals surface area contributed by atoms with Crippen molar-refractivity contribution in [3.05, 3.63) is 35.1 Å². The van der Waals surface area contributed by atoms with Gasteiger partial charge in [0.1, 0.15) is 5.82 Å². The summed E-state index contributed by atoms with van der Waals surface area (Å²) < 4.78 is 12.1. The molecule has 9 heavy (non-hydrogen) atoms. The molecule has 3 heteroatoms. The van der Waals surface area contributed by atoms with E-state index in [1.807, 2.05) is 0 Å². The first-order valence-corrected chi connectivity index (χ1v) is 2.43. The molecule has 0 aliphatic carbocycles. The Kier molecular flexibility index (Phi) is 1.41. The number of halogens is 1. The molecule has 0 spiro atoms. The fraction of sp³-hybridized carbons (Fsp3) is 0. The van der Waals surface area contributed by atoms with Crippen molar-refractivity contribution in [1.82, 2.24) is 0 Å². The minimum atomic E-state index is -0.331. The van der Waals surface area contributed by atoms with Crippen molar-refractivity contribution in [1.29, 1.82) is 5.39 Å². The number of nitrogens with zero attached hydrogens (tertiary/aromatic N) is 2. The highest BCUT2D eigenvalue weighted by atomic mass is 18.2. The zero-order chi connectivity index (χ0) is 6.69. The SMILES string of the molecule is N#[N+]c1ccc([18F])cc1. The van der Waals surface area contributed by atoms with Crippen molar-refractivity contribution in [3.8, 4) is 0 Å². The Bertz CT molecular complexity index is 234. The molecule has 0 bridgehead atoms. The van der Waals surface area contributed by atoms with Crippen molar-refractivity contribution in [2.45, 2.75) is 0 Å². The molecule has 0 N–H and O–H groups in total. The van der Waals surface area contributed by atoms with E-state index in [1.165, 1.54) is 24.3 Å². The van der Waals surface area contributed by atoms with Crippen LogP contribution in [0.3, 0.4) is 0 Å². The third-order valence-corrected chi connectivity index (χ3v) is 0.942. The van der Waals surface area contributed by atoms with Crippen molar-refractivity contribution >= 4 is 5.69 Å². The maximum Gasteiger partial charge on any atom is 0.385 e. The summed E-state index contributed by atoms with van der Waals surface area (Å²) in [6.45, 7) is 0. The second-order valence-corrected chi connectivity index (χ2v) is 1.58. The highest BCUT2D eigenvalue weighted by Gasteiger charge is 2.00. The van der Waals surface area contributed by atoms with Crippen molar-refractivity contribution in [2.75, 3.05) is 0 Å². The van der Waals surface area contributed by atoms with E-state index in [9.17, 15) is 4.39 Å². The lowest BCUT2D eigenvalue weighted by molar-refractivity contribution is 0.628. The van der Waals surface area contributed by atoms with Gasteiger partial charge in [0.2, 0.25) is 5.39 Å². The van der Waals surface area contributed by atoms with Gasteiger partial charge in [-0.3, -0.25) is 0 Å². The van der Waals surface area contributed by atoms with Crippen LogP contribution >= 0.6 is 0 Å². The smallest absolute Gasteiger partial charge is 0.207 e. The average molecular weight is 122 g/mol. The third kappa shape index (κ3) is 1.23. The first kappa shape index (κ1) is 5.70. The van der Waals surface area contributed by atoms with Crippen LogP contribution in [-0.4, -0.2) is 0 Å². The van der Waals surface area contributed by atoms with Gasteiger partial charge in [0, 0.05) is 12.1 Å². The fourth-order valence-corrected chi connectivity index (χ4v) is 0.508. The quantitative estimate of drug-likeness (QED) is 0.485. The largest absolute Gasteiger partial charge is 0.385 e. The van der Waals surface area contributed by atoms with Crippen LogP contribution in [0.25, 0.3) is 4.98 Å². The van der Waals surface area contributed by atoms with Gasteiger partial charge in [-0.1, -0.05) is 0 Å². The maximum atomic E-state index is 12.1. The first-order valence-electron chi connectivity index (χ1n) is 2.43. The van der Waals surface area contributed by atoms with Gasteiger partial charge in [0.25, 0.3) is 0 Å². The molecule has 0 saturated carbocycles. The van der Waals surface area contributed by atoms with Gasteiger partial charge >= 0.3 is 5.69 Å². The first-order chi connectivity index (χ1) is 4.33. The Balaban J connectivity index is 3.06. The fourth-order valence-electron chi connectivity index (χ4n) is 0.508. The van der Waals surface area contributed by atoms with Crippen molar-refractivity contribution < 1.29 is 4.39 Å². The second-order valence-electron chi connectivity index (χ2n) is 1.58. The Labute approximate surface area is 51.6 Å². The molecule has 0 aliphatic rings. The normalized spacial score (nSPS) is 8.44. The average Bonchev–Trinajstić information content (AvgIpc) is 1.90. The van der Waals surface area contributed by atoms with Crippen LogP contribution < -0.4 is 0 Å². The summed E-state index contributed by atoms with van der Waals surface area (Å²) >= 11 is 0. The van der Waals surface area contributed by atoms with Crippen LogP contribution in [0.15, 0.2) is 24.3 Å². The molecule has 0 amide bonds. The lowest BCUT2D eigenvalue weighted by Gasteiger charge is -1.77. The number of diazo groups is 1. The maximum absolute atomic E-state index is 12.1. The van der Waals surface area contributed by atoms with Crippen LogP contribution in [-0.2, 0) is 0 Å². The van der Waals surface area contributed by atoms with Crippen LogP contribution in [0.2, 0.25) is 0 Å². The molecule has 2 nitrogen and oxygen atoms in total. The van der Waals surface area contributed by atoms with Gasteiger partial charge in [-0.25, -0.2) is 4.39 Å². The summed E-state index contributed by atoms with van der Waals surface area (Å²) in [5.74, 6) is -0.331. The van der Waals surface area contributed by atoms with Crippen LogP contribution in [0, 0.1) is 11.2 Å². The molecule has 0 aromatic heterocycles. The van der Waals surface area contributed by atoms with Crippen molar-refractivity contribution in [2.24, 2.45) is 0 Å². The van der Waals surface area contributed by atoms with Crippen LogP contribution in [0.4, 0.5) is 10.1 Å². The van der Waals surface area contributed by atoms with E-state index < -0.39 is 0 Å². The van der Waals surface area contributed by atoms with Gasteiger partial charge in [-0.2, -0.15) is 0 Å². The Morgan fingerprint density at radius 2 is 1.78 bits per heavy atom. The molecule has 44 valence electrons. The summed E-state index contributed by atoms with van der Waals surface area (Å²) in [6, 6.07) is 5.23. The standard InChI is InChI=1S/C6H4FN2/c7-5-1-3-6(9-8)4-2-5/h1-4H/q+1/i7-1. The van der Waals surface area contributed by atoms with Gasteiger partial charge in [0.05, 0.1) is 0 Å². The molecular weight excluding hydrogens is 118 g/mol. The van der Waals surface area contributed by atoms with Gasteiger partial charge in [0.15, 0.2) is 4.98 Å². The molecule has 0 fully saturated rings. The summed E-state index contributed by atoms with van der Waals surface area (Å²) in [5, 5.41) is 8.13. The van der Waals surface area contributed by atoms with Gasteiger partial charge in [-0.05, 0) is 12.1 Å².